The minimum atomic E-state index is -3.77. The molecule has 2 aromatic carbocycles. The summed E-state index contributed by atoms with van der Waals surface area (Å²) >= 11 is 1.07. The number of thiazole rings is 1. The van der Waals surface area contributed by atoms with Gasteiger partial charge in [-0.25, -0.2) is 13.1 Å². The second-order valence-electron chi connectivity index (χ2n) is 8.04. The summed E-state index contributed by atoms with van der Waals surface area (Å²) in [6, 6.07) is 11.9. The van der Waals surface area contributed by atoms with E-state index in [9.17, 15) is 13.2 Å². The number of nitrogens with zero attached hydrogens (tertiary/aromatic N) is 1. The van der Waals surface area contributed by atoms with Crippen molar-refractivity contribution < 1.29 is 13.2 Å². The van der Waals surface area contributed by atoms with Gasteiger partial charge in [0.2, 0.25) is 10.0 Å². The first-order chi connectivity index (χ1) is 14.1. The first kappa shape index (κ1) is 22.5. The standard InChI is InChI=1S/C22H28N2O4S2/c1-14(2)12-19(16-6-8-17(28-5)9-7-16)23-30(26,27)18-10-11-20-21(13-18)29-22(25)24(20)15(3)4/h6-11,13-15,19,23H,12H2,1-5H3/t19-/m0/s1. The highest BCUT2D eigenvalue weighted by Gasteiger charge is 2.23. The molecule has 8 heteroatoms. The monoisotopic (exact) mass is 448 g/mol. The lowest BCUT2D eigenvalue weighted by Crippen LogP contribution is -2.29. The van der Waals surface area contributed by atoms with Gasteiger partial charge in [0.05, 0.1) is 22.2 Å². The molecular weight excluding hydrogens is 420 g/mol. The minimum absolute atomic E-state index is 0.0114. The molecule has 0 saturated carbocycles. The number of methoxy groups -OCH3 is 1. The molecular formula is C22H28N2O4S2. The summed E-state index contributed by atoms with van der Waals surface area (Å²) in [5.41, 5.74) is 1.64. The van der Waals surface area contributed by atoms with Crippen molar-refractivity contribution >= 4 is 31.6 Å². The maximum absolute atomic E-state index is 13.2. The zero-order chi connectivity index (χ0) is 22.1. The van der Waals surface area contributed by atoms with Crippen LogP contribution in [0.2, 0.25) is 0 Å². The van der Waals surface area contributed by atoms with E-state index in [0.717, 1.165) is 28.2 Å². The Morgan fingerprint density at radius 1 is 1.07 bits per heavy atom. The molecule has 0 amide bonds. The van der Waals surface area contributed by atoms with Crippen LogP contribution in [0.3, 0.4) is 0 Å². The van der Waals surface area contributed by atoms with Crippen molar-refractivity contribution in [1.82, 2.24) is 9.29 Å². The summed E-state index contributed by atoms with van der Waals surface area (Å²) in [5, 5.41) is 0. The van der Waals surface area contributed by atoms with Crippen LogP contribution in [0.5, 0.6) is 5.75 Å². The quantitative estimate of drug-likeness (QED) is 0.541. The average Bonchev–Trinajstić information content (AvgIpc) is 3.02. The molecule has 1 atom stereocenters. The third kappa shape index (κ3) is 4.77. The molecule has 6 nitrogen and oxygen atoms in total. The molecule has 1 N–H and O–H groups in total. The average molecular weight is 449 g/mol. The molecule has 0 saturated heterocycles. The summed E-state index contributed by atoms with van der Waals surface area (Å²) in [7, 11) is -2.17. The fraction of sp³-hybridized carbons (Fsp3) is 0.409. The Morgan fingerprint density at radius 3 is 2.30 bits per heavy atom. The molecule has 0 aliphatic carbocycles. The van der Waals surface area contributed by atoms with Gasteiger partial charge in [0.25, 0.3) is 0 Å². The van der Waals surface area contributed by atoms with E-state index < -0.39 is 10.0 Å². The summed E-state index contributed by atoms with van der Waals surface area (Å²) in [6.07, 6.45) is 0.658. The zero-order valence-corrected chi connectivity index (χ0v) is 19.5. The molecule has 0 spiro atoms. The summed E-state index contributed by atoms with van der Waals surface area (Å²) in [5.74, 6) is 1.02. The van der Waals surface area contributed by atoms with Gasteiger partial charge < -0.3 is 4.74 Å². The van der Waals surface area contributed by atoms with Crippen LogP contribution in [-0.2, 0) is 10.0 Å². The summed E-state index contributed by atoms with van der Waals surface area (Å²) in [4.78, 5) is 12.4. The number of aromatic nitrogens is 1. The third-order valence-electron chi connectivity index (χ3n) is 4.93. The number of fused-ring (bicyclic) bond motifs is 1. The lowest BCUT2D eigenvalue weighted by molar-refractivity contribution is 0.414. The van der Waals surface area contributed by atoms with Gasteiger partial charge in [-0.2, -0.15) is 0 Å². The van der Waals surface area contributed by atoms with Gasteiger partial charge in [0.15, 0.2) is 0 Å². The highest BCUT2D eigenvalue weighted by atomic mass is 32.2. The molecule has 30 heavy (non-hydrogen) atoms. The van der Waals surface area contributed by atoms with Gasteiger partial charge in [-0.15, -0.1) is 0 Å². The van der Waals surface area contributed by atoms with Gasteiger partial charge in [-0.1, -0.05) is 37.3 Å². The number of hydrogen-bond acceptors (Lipinski definition) is 5. The third-order valence-corrected chi connectivity index (χ3v) is 7.32. The number of hydrogen-bond donors (Lipinski definition) is 1. The molecule has 0 aliphatic rings. The predicted molar refractivity (Wildman–Crippen MR) is 122 cm³/mol. The van der Waals surface area contributed by atoms with E-state index >= 15 is 0 Å². The van der Waals surface area contributed by atoms with Gasteiger partial charge >= 0.3 is 4.87 Å². The van der Waals surface area contributed by atoms with Crippen molar-refractivity contribution in [2.75, 3.05) is 7.11 Å². The maximum atomic E-state index is 13.2. The van der Waals surface area contributed by atoms with Gasteiger partial charge in [-0.05, 0) is 62.1 Å². The normalized spacial score (nSPS) is 13.3. The number of nitrogens with one attached hydrogen (secondary N) is 1. The van der Waals surface area contributed by atoms with Crippen LogP contribution in [0.1, 0.15) is 51.8 Å². The number of rotatable bonds is 8. The maximum Gasteiger partial charge on any atom is 0.308 e. The molecule has 0 fully saturated rings. The molecule has 0 radical (unpaired) electrons. The van der Waals surface area contributed by atoms with Crippen LogP contribution < -0.4 is 14.3 Å². The molecule has 162 valence electrons. The molecule has 3 aromatic rings. The van der Waals surface area contributed by atoms with E-state index in [4.69, 9.17) is 4.74 Å². The van der Waals surface area contributed by atoms with E-state index in [1.165, 1.54) is 0 Å². The highest BCUT2D eigenvalue weighted by molar-refractivity contribution is 7.89. The van der Waals surface area contributed by atoms with E-state index in [0.29, 0.717) is 17.0 Å². The van der Waals surface area contributed by atoms with Crippen LogP contribution in [0, 0.1) is 5.92 Å². The van der Waals surface area contributed by atoms with Crippen molar-refractivity contribution in [1.29, 1.82) is 0 Å². The van der Waals surface area contributed by atoms with Crippen LogP contribution in [-0.4, -0.2) is 20.1 Å². The molecule has 0 bridgehead atoms. The van der Waals surface area contributed by atoms with Crippen molar-refractivity contribution in [2.45, 2.75) is 51.1 Å². The van der Waals surface area contributed by atoms with Crippen molar-refractivity contribution in [3.05, 3.63) is 57.7 Å². The van der Waals surface area contributed by atoms with Crippen molar-refractivity contribution in [3.63, 3.8) is 0 Å². The minimum Gasteiger partial charge on any atom is -0.497 e. The Kier molecular flexibility index (Phi) is 6.69. The first-order valence-electron chi connectivity index (χ1n) is 9.93. The fourth-order valence-electron chi connectivity index (χ4n) is 3.49. The summed E-state index contributed by atoms with van der Waals surface area (Å²) in [6.45, 7) is 7.99. The lowest BCUT2D eigenvalue weighted by atomic mass is 9.98. The number of ether oxygens (including phenoxy) is 1. The molecule has 0 aliphatic heterocycles. The first-order valence-corrected chi connectivity index (χ1v) is 12.2. The second-order valence-corrected chi connectivity index (χ2v) is 10.7. The summed E-state index contributed by atoms with van der Waals surface area (Å²) < 4.78 is 36.8. The Morgan fingerprint density at radius 2 is 1.73 bits per heavy atom. The van der Waals surface area contributed by atoms with Crippen LogP contribution in [0.15, 0.2) is 52.2 Å². The molecule has 1 heterocycles. The van der Waals surface area contributed by atoms with Crippen LogP contribution in [0.25, 0.3) is 10.2 Å². The van der Waals surface area contributed by atoms with Gasteiger partial charge in [-0.3, -0.25) is 9.36 Å². The predicted octanol–water partition coefficient (Wildman–Crippen LogP) is 4.72. The fourth-order valence-corrected chi connectivity index (χ4v) is 5.88. The number of sulfonamides is 1. The SMILES string of the molecule is COc1ccc([C@H](CC(C)C)NS(=O)(=O)c2ccc3c(c2)sc(=O)n3C(C)C)cc1. The van der Waals surface area contributed by atoms with Crippen LogP contribution in [0.4, 0.5) is 0 Å². The topological polar surface area (TPSA) is 77.4 Å². The zero-order valence-electron chi connectivity index (χ0n) is 17.9. The second kappa shape index (κ2) is 8.91. The Hall–Kier alpha value is -2.16. The Balaban J connectivity index is 1.96. The van der Waals surface area contributed by atoms with E-state index in [-0.39, 0.29) is 21.9 Å². The van der Waals surface area contributed by atoms with Gasteiger partial charge in [0.1, 0.15) is 5.75 Å². The molecule has 0 unspecified atom stereocenters. The Bertz CT molecular complexity index is 1180. The largest absolute Gasteiger partial charge is 0.497 e. The molecule has 3 rings (SSSR count). The highest BCUT2D eigenvalue weighted by Crippen LogP contribution is 2.28. The Labute approximate surface area is 181 Å². The lowest BCUT2D eigenvalue weighted by Gasteiger charge is -2.21. The van der Waals surface area contributed by atoms with Crippen LogP contribution >= 0.6 is 11.3 Å². The van der Waals surface area contributed by atoms with Gasteiger partial charge in [0, 0.05) is 12.1 Å². The smallest absolute Gasteiger partial charge is 0.308 e. The van der Waals surface area contributed by atoms with E-state index in [1.807, 2.05) is 38.1 Å². The molecule has 1 aromatic heterocycles. The van der Waals surface area contributed by atoms with E-state index in [2.05, 4.69) is 18.6 Å². The number of benzene rings is 2. The van der Waals surface area contributed by atoms with Crippen molar-refractivity contribution in [2.24, 2.45) is 5.92 Å². The van der Waals surface area contributed by atoms with Crippen molar-refractivity contribution in [3.8, 4) is 5.75 Å². The van der Waals surface area contributed by atoms with E-state index in [1.54, 1.807) is 29.9 Å².